The quantitative estimate of drug-likeness (QED) is 0.303. The number of alkyl halides is 3. The highest BCUT2D eigenvalue weighted by atomic mass is 35.6. The number of esters is 1. The Kier molecular flexibility index (Phi) is 8.43. The molecule has 0 aliphatic rings. The first kappa shape index (κ1) is 22.8. The number of halogens is 3. The number of anilines is 1. The van der Waals surface area contributed by atoms with Gasteiger partial charge in [-0.05, 0) is 18.9 Å². The molecule has 2 rings (SSSR count). The van der Waals surface area contributed by atoms with Gasteiger partial charge >= 0.3 is 5.97 Å². The Labute approximate surface area is 183 Å². The molecule has 5 nitrogen and oxygen atoms in total. The molecule has 0 aliphatic carbocycles. The molecule has 1 unspecified atom stereocenters. The summed E-state index contributed by atoms with van der Waals surface area (Å²) in [6, 6.07) is 9.43. The number of benzene rings is 1. The number of rotatable bonds is 8. The maximum Gasteiger partial charge on any atom is 0.341 e. The molecule has 1 amide bonds. The van der Waals surface area contributed by atoms with Crippen LogP contribution in [-0.4, -0.2) is 28.4 Å². The van der Waals surface area contributed by atoms with Crippen molar-refractivity contribution in [1.29, 1.82) is 0 Å². The fraction of sp³-hybridized carbons (Fsp3) is 0.368. The van der Waals surface area contributed by atoms with Crippen LogP contribution in [0.25, 0.3) is 11.1 Å². The monoisotopic (exact) mass is 462 g/mol. The third-order valence-corrected chi connectivity index (χ3v) is 5.31. The minimum absolute atomic E-state index is 0.226. The highest BCUT2D eigenvalue weighted by molar-refractivity contribution is 7.15. The number of amides is 1. The molecule has 0 fully saturated rings. The number of ether oxygens (including phenoxy) is 1. The van der Waals surface area contributed by atoms with Crippen molar-refractivity contribution in [2.45, 2.75) is 36.6 Å². The summed E-state index contributed by atoms with van der Waals surface area (Å²) in [5, 5.41) is 7.93. The number of thiophene rings is 1. The van der Waals surface area contributed by atoms with Gasteiger partial charge in [0, 0.05) is 17.4 Å². The molecule has 2 N–H and O–H groups in total. The van der Waals surface area contributed by atoms with Crippen LogP contribution in [0.1, 0.15) is 37.0 Å². The molecule has 0 aliphatic heterocycles. The van der Waals surface area contributed by atoms with E-state index in [1.165, 1.54) is 11.3 Å². The van der Waals surface area contributed by atoms with Gasteiger partial charge in [-0.3, -0.25) is 4.79 Å². The van der Waals surface area contributed by atoms with Crippen LogP contribution in [-0.2, 0) is 9.53 Å². The summed E-state index contributed by atoms with van der Waals surface area (Å²) >= 11 is 19.4. The first-order chi connectivity index (χ1) is 13.3. The number of carbonyl (C=O) groups excluding carboxylic acids is 2. The lowest BCUT2D eigenvalue weighted by molar-refractivity contribution is -0.121. The molecule has 9 heteroatoms. The van der Waals surface area contributed by atoms with Crippen LogP contribution in [0.5, 0.6) is 0 Å². The van der Waals surface area contributed by atoms with E-state index in [1.807, 2.05) is 42.6 Å². The lowest BCUT2D eigenvalue weighted by Gasteiger charge is -2.27. The van der Waals surface area contributed by atoms with Crippen LogP contribution in [0.15, 0.2) is 35.7 Å². The molecule has 1 heterocycles. The minimum Gasteiger partial charge on any atom is -0.462 e. The van der Waals surface area contributed by atoms with Gasteiger partial charge in [0.2, 0.25) is 9.70 Å². The van der Waals surface area contributed by atoms with Crippen molar-refractivity contribution in [2.75, 3.05) is 11.9 Å². The highest BCUT2D eigenvalue weighted by Crippen LogP contribution is 2.39. The van der Waals surface area contributed by atoms with Gasteiger partial charge < -0.3 is 15.4 Å². The fourth-order valence-corrected chi connectivity index (χ4v) is 3.81. The van der Waals surface area contributed by atoms with Gasteiger partial charge in [0.25, 0.3) is 0 Å². The van der Waals surface area contributed by atoms with E-state index in [1.54, 1.807) is 6.92 Å². The molecular weight excluding hydrogens is 443 g/mol. The van der Waals surface area contributed by atoms with Gasteiger partial charge in [0.15, 0.2) is 0 Å². The Hall–Kier alpha value is -1.47. The average Bonchev–Trinajstić information content (AvgIpc) is 3.05. The topological polar surface area (TPSA) is 67.4 Å². The molecule has 0 spiro atoms. The average molecular weight is 464 g/mol. The van der Waals surface area contributed by atoms with Crippen molar-refractivity contribution in [1.82, 2.24) is 5.32 Å². The maximum atomic E-state index is 12.6. The van der Waals surface area contributed by atoms with E-state index in [9.17, 15) is 9.59 Å². The molecular formula is C19H21Cl3N2O3S. The van der Waals surface area contributed by atoms with E-state index in [2.05, 4.69) is 10.6 Å². The Morgan fingerprint density at radius 1 is 1.18 bits per heavy atom. The van der Waals surface area contributed by atoms with Crippen LogP contribution in [0.2, 0.25) is 0 Å². The van der Waals surface area contributed by atoms with Gasteiger partial charge in [-0.15, -0.1) is 11.3 Å². The van der Waals surface area contributed by atoms with Gasteiger partial charge in [0.05, 0.1) is 6.61 Å². The van der Waals surface area contributed by atoms with Crippen LogP contribution < -0.4 is 10.6 Å². The van der Waals surface area contributed by atoms with Crippen molar-refractivity contribution in [2.24, 2.45) is 0 Å². The second-order valence-electron chi connectivity index (χ2n) is 5.88. The predicted octanol–water partition coefficient (Wildman–Crippen LogP) is 5.62. The smallest absolute Gasteiger partial charge is 0.341 e. The zero-order valence-corrected chi connectivity index (χ0v) is 18.5. The lowest BCUT2D eigenvalue weighted by atomic mass is 10.0. The van der Waals surface area contributed by atoms with Crippen molar-refractivity contribution in [3.05, 3.63) is 41.3 Å². The molecule has 152 valence electrons. The van der Waals surface area contributed by atoms with Crippen LogP contribution in [0.3, 0.4) is 0 Å². The molecule has 1 atom stereocenters. The normalized spacial score (nSPS) is 12.3. The minimum atomic E-state index is -1.83. The summed E-state index contributed by atoms with van der Waals surface area (Å²) in [7, 11) is 0. The van der Waals surface area contributed by atoms with Crippen LogP contribution in [0.4, 0.5) is 5.00 Å². The largest absolute Gasteiger partial charge is 0.462 e. The first-order valence-corrected chi connectivity index (χ1v) is 10.8. The van der Waals surface area contributed by atoms with Gasteiger partial charge in [0.1, 0.15) is 16.7 Å². The summed E-state index contributed by atoms with van der Waals surface area (Å²) in [6.45, 7) is 3.83. The third kappa shape index (κ3) is 6.01. The summed E-state index contributed by atoms with van der Waals surface area (Å²) in [5.74, 6) is -0.753. The molecule has 0 radical (unpaired) electrons. The molecule has 1 aromatic heterocycles. The summed E-state index contributed by atoms with van der Waals surface area (Å²) in [6.07, 6.45) is -0.0699. The van der Waals surface area contributed by atoms with Crippen molar-refractivity contribution in [3.8, 4) is 11.1 Å². The highest BCUT2D eigenvalue weighted by Gasteiger charge is 2.35. The first-order valence-electron chi connectivity index (χ1n) is 8.74. The molecule has 0 saturated carbocycles. The Bertz CT molecular complexity index is 807. The van der Waals surface area contributed by atoms with Gasteiger partial charge in [-0.2, -0.15) is 0 Å². The standard InChI is InChI=1S/C19H21Cl3N2O3S/c1-3-8-14(25)23-18(19(20,21)22)24-16-15(17(26)27-4-2)13(11-28-16)12-9-6-5-7-10-12/h5-7,9-11,18,24H,3-4,8H2,1-2H3,(H,23,25). The SMILES string of the molecule is CCCC(=O)NC(Nc1scc(-c2ccccc2)c1C(=O)OCC)C(Cl)(Cl)Cl. The molecule has 0 bridgehead atoms. The zero-order valence-electron chi connectivity index (χ0n) is 15.4. The molecule has 28 heavy (non-hydrogen) atoms. The van der Waals surface area contributed by atoms with E-state index >= 15 is 0 Å². The Balaban J connectivity index is 2.41. The zero-order chi connectivity index (χ0) is 20.7. The van der Waals surface area contributed by atoms with E-state index < -0.39 is 15.9 Å². The van der Waals surface area contributed by atoms with Gasteiger partial charge in [-0.1, -0.05) is 72.1 Å². The second-order valence-corrected chi connectivity index (χ2v) is 9.13. The van der Waals surface area contributed by atoms with E-state index in [0.717, 1.165) is 5.56 Å². The molecule has 2 aromatic rings. The Morgan fingerprint density at radius 2 is 1.86 bits per heavy atom. The van der Waals surface area contributed by atoms with Crippen molar-refractivity contribution >= 4 is 63.0 Å². The van der Waals surface area contributed by atoms with Crippen molar-refractivity contribution in [3.63, 3.8) is 0 Å². The maximum absolute atomic E-state index is 12.6. The molecule has 0 saturated heterocycles. The predicted molar refractivity (Wildman–Crippen MR) is 116 cm³/mol. The molecule has 1 aromatic carbocycles. The lowest BCUT2D eigenvalue weighted by Crippen LogP contribution is -2.49. The second kappa shape index (κ2) is 10.3. The number of hydrogen-bond donors (Lipinski definition) is 2. The summed E-state index contributed by atoms with van der Waals surface area (Å²) in [5.41, 5.74) is 1.90. The fourth-order valence-electron chi connectivity index (χ4n) is 2.49. The number of carbonyl (C=O) groups is 2. The summed E-state index contributed by atoms with van der Waals surface area (Å²) < 4.78 is 3.39. The van der Waals surface area contributed by atoms with E-state index in [4.69, 9.17) is 39.5 Å². The number of hydrogen-bond acceptors (Lipinski definition) is 5. The van der Waals surface area contributed by atoms with E-state index in [-0.39, 0.29) is 12.5 Å². The van der Waals surface area contributed by atoms with Crippen LogP contribution >= 0.6 is 46.1 Å². The van der Waals surface area contributed by atoms with Crippen LogP contribution in [0, 0.1) is 0 Å². The van der Waals surface area contributed by atoms with E-state index in [0.29, 0.717) is 29.0 Å². The third-order valence-electron chi connectivity index (χ3n) is 3.74. The van der Waals surface area contributed by atoms with Gasteiger partial charge in [-0.25, -0.2) is 4.79 Å². The van der Waals surface area contributed by atoms with Crippen molar-refractivity contribution < 1.29 is 14.3 Å². The number of nitrogens with one attached hydrogen (secondary N) is 2. The summed E-state index contributed by atoms with van der Waals surface area (Å²) in [4.78, 5) is 24.7. The Morgan fingerprint density at radius 3 is 2.43 bits per heavy atom.